The number of halogens is 2. The number of hydrogen-bond acceptors (Lipinski definition) is 3. The van der Waals surface area contributed by atoms with Crippen LogP contribution in [0, 0.1) is 17.0 Å². The molecule has 0 N–H and O–H groups in total. The molecule has 2 aliphatic rings. The molecular weight excluding hydrogens is 312 g/mol. The number of nitrogens with zero attached hydrogens (tertiary/aromatic N) is 1. The van der Waals surface area contributed by atoms with Crippen molar-refractivity contribution in [1.29, 1.82) is 0 Å². The normalized spacial score (nSPS) is 19.1. The Hall–Kier alpha value is -1.50. The molecule has 120 valence electrons. The summed E-state index contributed by atoms with van der Waals surface area (Å²) in [5.41, 5.74) is 0.129. The van der Waals surface area contributed by atoms with E-state index in [1.54, 1.807) is 0 Å². The van der Waals surface area contributed by atoms with E-state index in [4.69, 9.17) is 0 Å². The first kappa shape index (κ1) is 15.4. The number of sulfone groups is 1. The van der Waals surface area contributed by atoms with Gasteiger partial charge in [-0.15, -0.1) is 0 Å². The third-order valence-electron chi connectivity index (χ3n) is 4.33. The molecule has 1 fully saturated rings. The number of fused-ring (bicyclic) bond motifs is 1. The van der Waals surface area contributed by atoms with Crippen LogP contribution in [-0.2, 0) is 21.1 Å². The second-order valence-electron chi connectivity index (χ2n) is 6.44. The minimum absolute atomic E-state index is 0.0155. The van der Waals surface area contributed by atoms with Crippen LogP contribution in [0.5, 0.6) is 0 Å². The lowest BCUT2D eigenvalue weighted by molar-refractivity contribution is -0.119. The highest BCUT2D eigenvalue weighted by Gasteiger charge is 2.48. The Bertz CT molecular complexity index is 741. The van der Waals surface area contributed by atoms with Crippen LogP contribution in [0.3, 0.4) is 0 Å². The molecule has 0 atom stereocenters. The molecule has 1 saturated carbocycles. The molecule has 1 aromatic rings. The molecule has 1 heterocycles. The van der Waals surface area contributed by atoms with Gasteiger partial charge >= 0.3 is 0 Å². The summed E-state index contributed by atoms with van der Waals surface area (Å²) in [5.74, 6) is -1.70. The van der Waals surface area contributed by atoms with Crippen molar-refractivity contribution in [3.05, 3.63) is 29.3 Å². The number of hydrogen-bond donors (Lipinski definition) is 0. The number of carbonyl (C=O) groups is 1. The third kappa shape index (κ3) is 2.99. The smallest absolute Gasteiger partial charge is 0.227 e. The molecule has 0 unspecified atom stereocenters. The monoisotopic (exact) mass is 329 g/mol. The van der Waals surface area contributed by atoms with Gasteiger partial charge in [0.2, 0.25) is 5.91 Å². The Balaban J connectivity index is 1.79. The van der Waals surface area contributed by atoms with Gasteiger partial charge in [0.25, 0.3) is 0 Å². The van der Waals surface area contributed by atoms with Crippen LogP contribution in [-0.4, -0.2) is 32.9 Å². The van der Waals surface area contributed by atoms with Gasteiger partial charge in [0.05, 0.1) is 11.4 Å². The predicted octanol–water partition coefficient (Wildman–Crippen LogP) is 2.07. The first-order valence-corrected chi connectivity index (χ1v) is 9.21. The fraction of sp³-hybridized carbons (Fsp3) is 0.533. The summed E-state index contributed by atoms with van der Waals surface area (Å²) in [5, 5.41) is 0. The molecule has 1 aliphatic carbocycles. The summed E-state index contributed by atoms with van der Waals surface area (Å²) in [6.07, 6.45) is 3.05. The first-order valence-electron chi connectivity index (χ1n) is 7.15. The van der Waals surface area contributed by atoms with E-state index in [-0.39, 0.29) is 23.8 Å². The van der Waals surface area contributed by atoms with E-state index in [1.807, 2.05) is 0 Å². The van der Waals surface area contributed by atoms with Crippen LogP contribution < -0.4 is 4.90 Å². The minimum Gasteiger partial charge on any atom is -0.309 e. The maximum Gasteiger partial charge on any atom is 0.227 e. The number of anilines is 1. The quantitative estimate of drug-likeness (QED) is 0.850. The van der Waals surface area contributed by atoms with Crippen molar-refractivity contribution >= 4 is 21.4 Å². The fourth-order valence-corrected chi connectivity index (χ4v) is 4.73. The van der Waals surface area contributed by atoms with Crippen LogP contribution >= 0.6 is 0 Å². The summed E-state index contributed by atoms with van der Waals surface area (Å²) in [4.78, 5) is 13.8. The predicted molar refractivity (Wildman–Crippen MR) is 78.4 cm³/mol. The number of benzene rings is 1. The molecule has 1 aliphatic heterocycles. The summed E-state index contributed by atoms with van der Waals surface area (Å²) in [7, 11) is -3.16. The standard InChI is InChI=1S/C15H17F2NO3S/c1-22(20,21)9-15(3-4-15)8-13(19)18-5-2-10-6-11(16)7-12(17)14(10)18/h6-7H,2-5,8-9H2,1H3. The van der Waals surface area contributed by atoms with Crippen LogP contribution in [0.25, 0.3) is 0 Å². The Labute approximate surface area is 128 Å². The lowest BCUT2D eigenvalue weighted by atomic mass is 10.0. The van der Waals surface area contributed by atoms with Crippen LogP contribution in [0.15, 0.2) is 12.1 Å². The maximum atomic E-state index is 14.0. The van der Waals surface area contributed by atoms with Crippen molar-refractivity contribution < 1.29 is 22.0 Å². The first-order chi connectivity index (χ1) is 10.2. The van der Waals surface area contributed by atoms with Gasteiger partial charge in [-0.3, -0.25) is 4.79 Å². The Morgan fingerprint density at radius 3 is 2.59 bits per heavy atom. The summed E-state index contributed by atoms with van der Waals surface area (Å²) < 4.78 is 50.1. The van der Waals surface area contributed by atoms with Gasteiger partial charge in [0.15, 0.2) is 0 Å². The summed E-state index contributed by atoms with van der Waals surface area (Å²) in [6, 6.07) is 2.02. The van der Waals surface area contributed by atoms with Gasteiger partial charge in [0, 0.05) is 25.3 Å². The second-order valence-corrected chi connectivity index (χ2v) is 8.58. The Kier molecular flexibility index (Phi) is 3.51. The Morgan fingerprint density at radius 1 is 1.32 bits per heavy atom. The lowest BCUT2D eigenvalue weighted by Gasteiger charge is -2.21. The highest BCUT2D eigenvalue weighted by molar-refractivity contribution is 7.90. The third-order valence-corrected chi connectivity index (χ3v) is 5.47. The van der Waals surface area contributed by atoms with Crippen molar-refractivity contribution in [3.63, 3.8) is 0 Å². The number of carbonyl (C=O) groups excluding carboxylic acids is 1. The molecule has 0 spiro atoms. The SMILES string of the molecule is CS(=O)(=O)CC1(CC(=O)N2CCc3cc(F)cc(F)c32)CC1. The van der Waals surface area contributed by atoms with Gasteiger partial charge in [-0.05, 0) is 36.3 Å². The Morgan fingerprint density at radius 2 is 2.00 bits per heavy atom. The molecule has 0 radical (unpaired) electrons. The van der Waals surface area contributed by atoms with E-state index in [1.165, 1.54) is 11.0 Å². The zero-order valence-electron chi connectivity index (χ0n) is 12.2. The van der Waals surface area contributed by atoms with Crippen molar-refractivity contribution in [2.45, 2.75) is 25.7 Å². The van der Waals surface area contributed by atoms with Crippen LogP contribution in [0.4, 0.5) is 14.5 Å². The minimum atomic E-state index is -3.16. The van der Waals surface area contributed by atoms with E-state index < -0.39 is 26.9 Å². The van der Waals surface area contributed by atoms with E-state index in [2.05, 4.69) is 0 Å². The zero-order chi connectivity index (χ0) is 16.1. The van der Waals surface area contributed by atoms with Crippen LogP contribution in [0.2, 0.25) is 0 Å². The van der Waals surface area contributed by atoms with Crippen molar-refractivity contribution in [2.75, 3.05) is 23.5 Å². The molecule has 0 bridgehead atoms. The maximum absolute atomic E-state index is 14.0. The molecule has 0 saturated heterocycles. The number of amides is 1. The molecule has 3 rings (SSSR count). The lowest BCUT2D eigenvalue weighted by Crippen LogP contribution is -2.33. The largest absolute Gasteiger partial charge is 0.309 e. The van der Waals surface area contributed by atoms with E-state index >= 15 is 0 Å². The van der Waals surface area contributed by atoms with Crippen molar-refractivity contribution in [1.82, 2.24) is 0 Å². The molecule has 4 nitrogen and oxygen atoms in total. The highest BCUT2D eigenvalue weighted by Crippen LogP contribution is 2.50. The topological polar surface area (TPSA) is 54.5 Å². The van der Waals surface area contributed by atoms with Gasteiger partial charge in [-0.25, -0.2) is 17.2 Å². The van der Waals surface area contributed by atoms with E-state index in [9.17, 15) is 22.0 Å². The van der Waals surface area contributed by atoms with Gasteiger partial charge in [0.1, 0.15) is 21.5 Å². The van der Waals surface area contributed by atoms with Gasteiger partial charge < -0.3 is 4.90 Å². The van der Waals surface area contributed by atoms with E-state index in [0.717, 1.165) is 12.3 Å². The van der Waals surface area contributed by atoms with Crippen LogP contribution in [0.1, 0.15) is 24.8 Å². The zero-order valence-corrected chi connectivity index (χ0v) is 13.0. The number of rotatable bonds is 4. The second kappa shape index (κ2) is 5.01. The van der Waals surface area contributed by atoms with Crippen molar-refractivity contribution in [3.8, 4) is 0 Å². The fourth-order valence-electron chi connectivity index (χ4n) is 3.23. The molecule has 0 aromatic heterocycles. The highest BCUT2D eigenvalue weighted by atomic mass is 32.2. The average molecular weight is 329 g/mol. The van der Waals surface area contributed by atoms with E-state index in [0.29, 0.717) is 31.4 Å². The molecular formula is C15H17F2NO3S. The molecule has 22 heavy (non-hydrogen) atoms. The average Bonchev–Trinajstić information content (AvgIpc) is 2.95. The summed E-state index contributed by atoms with van der Waals surface area (Å²) in [6.45, 7) is 0.309. The molecule has 1 amide bonds. The van der Waals surface area contributed by atoms with Gasteiger partial charge in [-0.1, -0.05) is 0 Å². The molecule has 1 aromatic carbocycles. The van der Waals surface area contributed by atoms with Gasteiger partial charge in [-0.2, -0.15) is 0 Å². The molecule has 7 heteroatoms. The summed E-state index contributed by atoms with van der Waals surface area (Å²) >= 11 is 0. The van der Waals surface area contributed by atoms with Crippen molar-refractivity contribution in [2.24, 2.45) is 5.41 Å².